The van der Waals surface area contributed by atoms with Crippen molar-refractivity contribution in [3.05, 3.63) is 40.7 Å². The fourth-order valence-corrected chi connectivity index (χ4v) is 1.60. The van der Waals surface area contributed by atoms with Crippen LogP contribution in [0.15, 0.2) is 23.8 Å². The highest BCUT2D eigenvalue weighted by atomic mass is 19.1. The summed E-state index contributed by atoms with van der Waals surface area (Å²) in [6.07, 6.45) is 6.29. The lowest BCUT2D eigenvalue weighted by Crippen LogP contribution is -2.06. The number of benzene rings is 1. The first-order valence-electron chi connectivity index (χ1n) is 5.28. The molecule has 0 unspecified atom stereocenters. The summed E-state index contributed by atoms with van der Waals surface area (Å²) in [4.78, 5) is 0. The van der Waals surface area contributed by atoms with Crippen LogP contribution in [-0.2, 0) is 0 Å². The van der Waals surface area contributed by atoms with E-state index in [4.69, 9.17) is 17.6 Å². The van der Waals surface area contributed by atoms with Crippen molar-refractivity contribution in [1.29, 1.82) is 5.41 Å². The Morgan fingerprint density at radius 3 is 2.65 bits per heavy atom. The zero-order chi connectivity index (χ0) is 13.0. The van der Waals surface area contributed by atoms with Gasteiger partial charge in [-0.15, -0.1) is 6.42 Å². The second-order valence-corrected chi connectivity index (χ2v) is 4.00. The third kappa shape index (κ3) is 2.73. The highest BCUT2D eigenvalue weighted by molar-refractivity contribution is 5.94. The summed E-state index contributed by atoms with van der Waals surface area (Å²) in [6.45, 7) is 3.90. The summed E-state index contributed by atoms with van der Waals surface area (Å²) in [7, 11) is 0. The second kappa shape index (κ2) is 5.31. The number of terminal acetylenes is 1. The lowest BCUT2D eigenvalue weighted by Gasteiger charge is -2.13. The number of nitrogens with two attached hydrogens (primary N) is 1. The number of nitrogens with one attached hydrogen (secondary N) is 1. The van der Waals surface area contributed by atoms with Gasteiger partial charge in [0.05, 0.1) is 11.3 Å². The molecule has 0 aliphatic carbocycles. The Morgan fingerprint density at radius 2 is 2.18 bits per heavy atom. The van der Waals surface area contributed by atoms with E-state index in [1.165, 1.54) is 12.1 Å². The van der Waals surface area contributed by atoms with Crippen LogP contribution in [-0.4, -0.2) is 6.21 Å². The van der Waals surface area contributed by atoms with E-state index in [0.29, 0.717) is 16.8 Å². The van der Waals surface area contributed by atoms with Crippen LogP contribution < -0.4 is 5.73 Å². The van der Waals surface area contributed by atoms with Crippen molar-refractivity contribution in [3.8, 4) is 12.3 Å². The molecule has 2 nitrogen and oxygen atoms in total. The van der Waals surface area contributed by atoms with E-state index in [1.807, 2.05) is 13.8 Å². The van der Waals surface area contributed by atoms with Crippen LogP contribution in [0.2, 0.25) is 0 Å². The van der Waals surface area contributed by atoms with Crippen molar-refractivity contribution in [2.24, 2.45) is 5.73 Å². The van der Waals surface area contributed by atoms with Gasteiger partial charge in [0.25, 0.3) is 0 Å². The SMILES string of the molecule is C#C/C(C=N)=C(/N)c1ccc(F)cc1C(C)C. The van der Waals surface area contributed by atoms with E-state index in [9.17, 15) is 4.39 Å². The molecule has 0 saturated heterocycles. The Labute approximate surface area is 101 Å². The average molecular weight is 230 g/mol. The summed E-state index contributed by atoms with van der Waals surface area (Å²) in [6, 6.07) is 4.39. The van der Waals surface area contributed by atoms with Crippen molar-refractivity contribution < 1.29 is 4.39 Å². The smallest absolute Gasteiger partial charge is 0.123 e. The zero-order valence-electron chi connectivity index (χ0n) is 9.92. The van der Waals surface area contributed by atoms with Gasteiger partial charge in [-0.3, -0.25) is 0 Å². The molecule has 0 atom stereocenters. The van der Waals surface area contributed by atoms with E-state index in [-0.39, 0.29) is 11.7 Å². The molecular formula is C14H15FN2. The van der Waals surface area contributed by atoms with Gasteiger partial charge < -0.3 is 11.1 Å². The third-order valence-corrected chi connectivity index (χ3v) is 2.52. The van der Waals surface area contributed by atoms with Gasteiger partial charge in [0.15, 0.2) is 0 Å². The van der Waals surface area contributed by atoms with Crippen molar-refractivity contribution in [1.82, 2.24) is 0 Å². The van der Waals surface area contributed by atoms with Crippen molar-refractivity contribution in [2.45, 2.75) is 19.8 Å². The lowest BCUT2D eigenvalue weighted by atomic mass is 9.94. The Bertz CT molecular complexity index is 507. The zero-order valence-corrected chi connectivity index (χ0v) is 9.92. The number of hydrogen-bond donors (Lipinski definition) is 2. The van der Waals surface area contributed by atoms with Crippen LogP contribution >= 0.6 is 0 Å². The molecule has 3 heteroatoms. The van der Waals surface area contributed by atoms with Crippen LogP contribution in [0, 0.1) is 23.6 Å². The molecule has 1 aromatic rings. The summed E-state index contributed by atoms with van der Waals surface area (Å²) in [5, 5.41) is 7.18. The Balaban J connectivity index is 3.47. The highest BCUT2D eigenvalue weighted by Gasteiger charge is 2.12. The molecule has 1 rings (SSSR count). The molecule has 0 bridgehead atoms. The standard InChI is InChI=1S/C14H15FN2/c1-4-10(8-16)14(17)12-6-5-11(15)7-13(12)9(2)3/h1,5-9,16H,17H2,2-3H3/b14-10-,16-8?. The van der Waals surface area contributed by atoms with E-state index in [2.05, 4.69) is 5.92 Å². The van der Waals surface area contributed by atoms with Gasteiger partial charge >= 0.3 is 0 Å². The fraction of sp³-hybridized carbons (Fsp3) is 0.214. The maximum atomic E-state index is 13.2. The van der Waals surface area contributed by atoms with E-state index < -0.39 is 0 Å². The van der Waals surface area contributed by atoms with Crippen LogP contribution in [0.4, 0.5) is 4.39 Å². The molecule has 3 N–H and O–H groups in total. The molecule has 0 aliphatic heterocycles. The second-order valence-electron chi connectivity index (χ2n) is 4.00. The van der Waals surface area contributed by atoms with Gasteiger partial charge in [-0.25, -0.2) is 4.39 Å². The largest absolute Gasteiger partial charge is 0.397 e. The molecule has 0 saturated carbocycles. The van der Waals surface area contributed by atoms with Gasteiger partial charge in [0, 0.05) is 11.8 Å². The lowest BCUT2D eigenvalue weighted by molar-refractivity contribution is 0.623. The monoisotopic (exact) mass is 230 g/mol. The Hall–Kier alpha value is -2.08. The molecule has 88 valence electrons. The maximum Gasteiger partial charge on any atom is 0.123 e. The molecular weight excluding hydrogens is 215 g/mol. The first-order valence-corrected chi connectivity index (χ1v) is 5.28. The van der Waals surface area contributed by atoms with Gasteiger partial charge in [0.2, 0.25) is 0 Å². The van der Waals surface area contributed by atoms with E-state index >= 15 is 0 Å². The van der Waals surface area contributed by atoms with Gasteiger partial charge in [0.1, 0.15) is 5.82 Å². The molecule has 0 fully saturated rings. The normalized spacial score (nSPS) is 11.9. The minimum Gasteiger partial charge on any atom is -0.397 e. The summed E-state index contributed by atoms with van der Waals surface area (Å²) in [5.41, 5.74) is 8.04. The molecule has 17 heavy (non-hydrogen) atoms. The van der Waals surface area contributed by atoms with Gasteiger partial charge in [-0.2, -0.15) is 0 Å². The highest BCUT2D eigenvalue weighted by Crippen LogP contribution is 2.25. The molecule has 0 spiro atoms. The summed E-state index contributed by atoms with van der Waals surface area (Å²) in [5.74, 6) is 2.17. The van der Waals surface area contributed by atoms with Crippen LogP contribution in [0.3, 0.4) is 0 Å². The minimum atomic E-state index is -0.303. The molecule has 0 radical (unpaired) electrons. The van der Waals surface area contributed by atoms with Crippen LogP contribution in [0.1, 0.15) is 30.9 Å². The van der Waals surface area contributed by atoms with Crippen molar-refractivity contribution >= 4 is 11.9 Å². The van der Waals surface area contributed by atoms with Crippen molar-refractivity contribution in [2.75, 3.05) is 0 Å². The maximum absolute atomic E-state index is 13.2. The number of halogens is 1. The van der Waals surface area contributed by atoms with Gasteiger partial charge in [-0.1, -0.05) is 19.8 Å². The third-order valence-electron chi connectivity index (χ3n) is 2.52. The fourth-order valence-electron chi connectivity index (χ4n) is 1.60. The minimum absolute atomic E-state index is 0.129. The molecule has 0 heterocycles. The molecule has 1 aromatic carbocycles. The average Bonchev–Trinajstić information content (AvgIpc) is 2.30. The summed E-state index contributed by atoms with van der Waals surface area (Å²) >= 11 is 0. The molecule has 0 aliphatic rings. The topological polar surface area (TPSA) is 49.9 Å². The predicted molar refractivity (Wildman–Crippen MR) is 69.2 cm³/mol. The Kier molecular flexibility index (Phi) is 4.06. The van der Waals surface area contributed by atoms with Crippen LogP contribution in [0.25, 0.3) is 5.70 Å². The Morgan fingerprint density at radius 1 is 1.53 bits per heavy atom. The molecule has 0 amide bonds. The quantitative estimate of drug-likeness (QED) is 0.608. The first kappa shape index (κ1) is 13.0. The van der Waals surface area contributed by atoms with Crippen LogP contribution in [0.5, 0.6) is 0 Å². The number of hydrogen-bond acceptors (Lipinski definition) is 2. The molecule has 0 aromatic heterocycles. The number of rotatable bonds is 3. The van der Waals surface area contributed by atoms with Crippen molar-refractivity contribution in [3.63, 3.8) is 0 Å². The first-order chi connectivity index (χ1) is 8.01. The number of allylic oxidation sites excluding steroid dienone is 1. The summed E-state index contributed by atoms with van der Waals surface area (Å²) < 4.78 is 13.2. The van der Waals surface area contributed by atoms with E-state index in [1.54, 1.807) is 6.07 Å². The predicted octanol–water partition coefficient (Wildman–Crippen LogP) is 2.90. The van der Waals surface area contributed by atoms with E-state index in [0.717, 1.165) is 11.8 Å². The van der Waals surface area contributed by atoms with Gasteiger partial charge in [-0.05, 0) is 29.7 Å².